The molecule has 1 N–H and O–H groups in total. The summed E-state index contributed by atoms with van der Waals surface area (Å²) in [5.74, 6) is 1.03. The largest absolute Gasteiger partial charge is 0.454 e. The van der Waals surface area contributed by atoms with E-state index in [1.807, 2.05) is 31.2 Å². The van der Waals surface area contributed by atoms with Gasteiger partial charge in [0.15, 0.2) is 16.6 Å². The second-order valence-corrected chi connectivity index (χ2v) is 7.96. The quantitative estimate of drug-likeness (QED) is 0.714. The first kappa shape index (κ1) is 17.7. The SMILES string of the molecule is Cc1ccc2nc(NC(=O)CN3CCN(c4ccc5c(c4)OCO5)C3=O)sc2c1. The molecule has 3 aromatic rings. The van der Waals surface area contributed by atoms with Crippen LogP contribution < -0.4 is 19.7 Å². The molecule has 9 heteroatoms. The third kappa shape index (κ3) is 3.33. The van der Waals surface area contributed by atoms with Gasteiger partial charge in [-0.1, -0.05) is 17.4 Å². The van der Waals surface area contributed by atoms with Crippen LogP contribution in [0, 0.1) is 6.92 Å². The van der Waals surface area contributed by atoms with Gasteiger partial charge in [0.1, 0.15) is 6.54 Å². The molecule has 29 heavy (non-hydrogen) atoms. The highest BCUT2D eigenvalue weighted by Crippen LogP contribution is 2.36. The van der Waals surface area contributed by atoms with Gasteiger partial charge in [-0.05, 0) is 36.8 Å². The number of hydrogen-bond acceptors (Lipinski definition) is 6. The molecule has 0 atom stereocenters. The van der Waals surface area contributed by atoms with Crippen LogP contribution in [-0.2, 0) is 4.79 Å². The zero-order valence-electron chi connectivity index (χ0n) is 15.7. The monoisotopic (exact) mass is 410 g/mol. The standard InChI is InChI=1S/C20H18N4O4S/c1-12-2-4-14-17(8-12)29-19(21-14)22-18(25)10-23-6-7-24(20(23)26)13-3-5-15-16(9-13)28-11-27-15/h2-5,8-9H,6-7,10-11H2,1H3,(H,21,22,25). The molecule has 1 aromatic heterocycles. The van der Waals surface area contributed by atoms with Crippen molar-refractivity contribution in [3.05, 3.63) is 42.0 Å². The molecule has 0 spiro atoms. The fourth-order valence-corrected chi connectivity index (χ4v) is 4.42. The minimum Gasteiger partial charge on any atom is -0.454 e. The van der Waals surface area contributed by atoms with Gasteiger partial charge in [0, 0.05) is 24.8 Å². The van der Waals surface area contributed by atoms with Crippen molar-refractivity contribution >= 4 is 44.3 Å². The van der Waals surface area contributed by atoms with Crippen molar-refractivity contribution in [2.75, 3.05) is 36.6 Å². The predicted octanol–water partition coefficient (Wildman–Crippen LogP) is 3.21. The minimum atomic E-state index is -0.262. The second-order valence-electron chi connectivity index (χ2n) is 6.93. The lowest BCUT2D eigenvalue weighted by Crippen LogP contribution is -2.37. The molecule has 2 aliphatic rings. The number of aryl methyl sites for hydroxylation is 1. The molecule has 2 aliphatic heterocycles. The highest BCUT2D eigenvalue weighted by molar-refractivity contribution is 7.22. The van der Waals surface area contributed by atoms with E-state index in [0.29, 0.717) is 29.7 Å². The van der Waals surface area contributed by atoms with Gasteiger partial charge < -0.3 is 19.7 Å². The number of urea groups is 1. The number of benzene rings is 2. The van der Waals surface area contributed by atoms with Crippen molar-refractivity contribution in [1.29, 1.82) is 0 Å². The van der Waals surface area contributed by atoms with Crippen molar-refractivity contribution in [1.82, 2.24) is 9.88 Å². The van der Waals surface area contributed by atoms with Gasteiger partial charge in [-0.3, -0.25) is 9.69 Å². The molecule has 1 saturated heterocycles. The lowest BCUT2D eigenvalue weighted by atomic mass is 10.2. The number of amides is 3. The maximum atomic E-state index is 12.8. The Balaban J connectivity index is 1.24. The Bertz CT molecular complexity index is 1130. The van der Waals surface area contributed by atoms with Gasteiger partial charge in [0.2, 0.25) is 12.7 Å². The van der Waals surface area contributed by atoms with Gasteiger partial charge in [0.25, 0.3) is 0 Å². The van der Waals surface area contributed by atoms with Crippen LogP contribution in [0.2, 0.25) is 0 Å². The number of carbonyl (C=O) groups excluding carboxylic acids is 2. The second kappa shape index (κ2) is 6.93. The van der Waals surface area contributed by atoms with Crippen LogP contribution in [0.5, 0.6) is 11.5 Å². The van der Waals surface area contributed by atoms with Crippen LogP contribution >= 0.6 is 11.3 Å². The number of hydrogen-bond donors (Lipinski definition) is 1. The first-order valence-electron chi connectivity index (χ1n) is 9.20. The average Bonchev–Trinajstić information content (AvgIpc) is 3.40. The first-order chi connectivity index (χ1) is 14.1. The summed E-state index contributed by atoms with van der Waals surface area (Å²) < 4.78 is 11.7. The Hall–Kier alpha value is -3.33. The lowest BCUT2D eigenvalue weighted by molar-refractivity contribution is -0.116. The molecule has 3 amide bonds. The van der Waals surface area contributed by atoms with Crippen LogP contribution in [0.25, 0.3) is 10.2 Å². The fraction of sp³-hybridized carbons (Fsp3) is 0.250. The molecule has 0 unspecified atom stereocenters. The minimum absolute atomic E-state index is 0.0190. The topological polar surface area (TPSA) is 84.0 Å². The van der Waals surface area contributed by atoms with Crippen LogP contribution in [-0.4, -0.2) is 48.2 Å². The Kier molecular flexibility index (Phi) is 4.24. The summed E-state index contributed by atoms with van der Waals surface area (Å²) in [7, 11) is 0. The molecule has 2 aromatic carbocycles. The Morgan fingerprint density at radius 1 is 1.17 bits per heavy atom. The third-order valence-electron chi connectivity index (χ3n) is 4.89. The summed E-state index contributed by atoms with van der Waals surface area (Å²) in [5.41, 5.74) is 2.72. The average molecular weight is 410 g/mol. The maximum Gasteiger partial charge on any atom is 0.325 e. The number of aromatic nitrogens is 1. The highest BCUT2D eigenvalue weighted by Gasteiger charge is 2.32. The van der Waals surface area contributed by atoms with Crippen molar-refractivity contribution in [2.24, 2.45) is 0 Å². The normalized spacial score (nSPS) is 15.4. The van der Waals surface area contributed by atoms with Gasteiger partial charge in [-0.2, -0.15) is 0 Å². The van der Waals surface area contributed by atoms with Crippen LogP contribution in [0.1, 0.15) is 5.56 Å². The molecule has 5 rings (SSSR count). The van der Waals surface area contributed by atoms with E-state index in [2.05, 4.69) is 10.3 Å². The number of thiazole rings is 1. The zero-order valence-corrected chi connectivity index (χ0v) is 16.5. The lowest BCUT2D eigenvalue weighted by Gasteiger charge is -2.18. The van der Waals surface area contributed by atoms with E-state index in [4.69, 9.17) is 9.47 Å². The third-order valence-corrected chi connectivity index (χ3v) is 5.82. The number of rotatable bonds is 4. The Morgan fingerprint density at radius 3 is 2.93 bits per heavy atom. The molecule has 0 radical (unpaired) electrons. The van der Waals surface area contributed by atoms with Crippen molar-refractivity contribution in [3.8, 4) is 11.5 Å². The summed E-state index contributed by atoms with van der Waals surface area (Å²) in [6, 6.07) is 11.1. The van der Waals surface area contributed by atoms with Gasteiger partial charge in [0.05, 0.1) is 10.2 Å². The summed E-state index contributed by atoms with van der Waals surface area (Å²) >= 11 is 1.42. The van der Waals surface area contributed by atoms with Crippen LogP contribution in [0.4, 0.5) is 15.6 Å². The number of ether oxygens (including phenoxy) is 2. The van der Waals surface area contributed by atoms with E-state index in [0.717, 1.165) is 21.5 Å². The van der Waals surface area contributed by atoms with Gasteiger partial charge in [-0.25, -0.2) is 9.78 Å². The van der Waals surface area contributed by atoms with E-state index in [1.54, 1.807) is 17.0 Å². The van der Waals surface area contributed by atoms with E-state index >= 15 is 0 Å². The van der Waals surface area contributed by atoms with Crippen molar-refractivity contribution in [3.63, 3.8) is 0 Å². The Morgan fingerprint density at radius 2 is 2.03 bits per heavy atom. The fourth-order valence-electron chi connectivity index (χ4n) is 3.44. The summed E-state index contributed by atoms with van der Waals surface area (Å²) in [6.45, 7) is 3.16. The molecule has 0 saturated carbocycles. The highest BCUT2D eigenvalue weighted by atomic mass is 32.1. The van der Waals surface area contributed by atoms with E-state index in [1.165, 1.54) is 16.2 Å². The van der Waals surface area contributed by atoms with E-state index in [9.17, 15) is 9.59 Å². The van der Waals surface area contributed by atoms with Crippen molar-refractivity contribution < 1.29 is 19.1 Å². The van der Waals surface area contributed by atoms with E-state index < -0.39 is 0 Å². The smallest absolute Gasteiger partial charge is 0.325 e. The number of nitrogens with zero attached hydrogens (tertiary/aromatic N) is 3. The zero-order chi connectivity index (χ0) is 20.0. The molecular formula is C20H18N4O4S. The van der Waals surface area contributed by atoms with Gasteiger partial charge in [-0.15, -0.1) is 0 Å². The molecule has 0 aliphatic carbocycles. The first-order valence-corrected chi connectivity index (χ1v) is 10.0. The number of nitrogens with one attached hydrogen (secondary N) is 1. The number of fused-ring (bicyclic) bond motifs is 2. The summed E-state index contributed by atoms with van der Waals surface area (Å²) in [6.07, 6.45) is 0. The maximum absolute atomic E-state index is 12.8. The van der Waals surface area contributed by atoms with Crippen LogP contribution in [0.3, 0.4) is 0 Å². The molecule has 3 heterocycles. The number of carbonyl (C=O) groups is 2. The van der Waals surface area contributed by atoms with E-state index in [-0.39, 0.29) is 25.3 Å². The molecular weight excluding hydrogens is 392 g/mol. The predicted molar refractivity (Wildman–Crippen MR) is 110 cm³/mol. The molecule has 8 nitrogen and oxygen atoms in total. The number of anilines is 2. The van der Waals surface area contributed by atoms with Crippen molar-refractivity contribution in [2.45, 2.75) is 6.92 Å². The molecule has 1 fully saturated rings. The molecule has 0 bridgehead atoms. The summed E-state index contributed by atoms with van der Waals surface area (Å²) in [4.78, 5) is 32.8. The van der Waals surface area contributed by atoms with Gasteiger partial charge >= 0.3 is 6.03 Å². The Labute approximate surface area is 170 Å². The molecule has 148 valence electrons. The van der Waals surface area contributed by atoms with Crippen LogP contribution in [0.15, 0.2) is 36.4 Å². The summed E-state index contributed by atoms with van der Waals surface area (Å²) in [5, 5.41) is 3.34.